The highest BCUT2D eigenvalue weighted by Crippen LogP contribution is 2.28. The number of hydrogen-bond acceptors (Lipinski definition) is 1. The van der Waals surface area contributed by atoms with Crippen LogP contribution < -0.4 is 10.2 Å². The Hall–Kier alpha value is -1.77. The molecule has 1 heterocycles. The molecule has 0 saturated carbocycles. The first-order valence-corrected chi connectivity index (χ1v) is 5.41. The Kier molecular flexibility index (Phi) is 2.69. The van der Waals surface area contributed by atoms with Crippen molar-refractivity contribution in [2.75, 3.05) is 11.4 Å². The van der Waals surface area contributed by atoms with E-state index in [4.69, 9.17) is 0 Å². The number of allylic oxidation sites excluding steroid dienone is 1. The summed E-state index contributed by atoms with van der Waals surface area (Å²) in [6, 6.07) is 6.15. The van der Waals surface area contributed by atoms with Crippen LogP contribution in [0.15, 0.2) is 30.5 Å². The molecule has 16 heavy (non-hydrogen) atoms. The van der Waals surface area contributed by atoms with Gasteiger partial charge in [-0.3, -0.25) is 4.90 Å². The first kappa shape index (κ1) is 10.7. The Balaban J connectivity index is 2.25. The maximum absolute atomic E-state index is 11.9. The molecule has 3 heteroatoms. The van der Waals surface area contributed by atoms with Crippen molar-refractivity contribution >= 4 is 11.7 Å². The highest BCUT2D eigenvalue weighted by molar-refractivity contribution is 5.95. The highest BCUT2D eigenvalue weighted by Gasteiger charge is 2.24. The van der Waals surface area contributed by atoms with E-state index < -0.39 is 0 Å². The summed E-state index contributed by atoms with van der Waals surface area (Å²) in [5.41, 5.74) is 4.11. The normalized spacial score (nSPS) is 13.5. The van der Waals surface area contributed by atoms with Crippen molar-refractivity contribution in [1.82, 2.24) is 5.32 Å². The third-order valence-electron chi connectivity index (χ3n) is 2.70. The molecule has 1 N–H and O–H groups in total. The molecular weight excluding hydrogens is 200 g/mol. The number of fused-ring (bicyclic) bond motifs is 1. The van der Waals surface area contributed by atoms with Crippen molar-refractivity contribution in [2.45, 2.75) is 20.3 Å². The largest absolute Gasteiger partial charge is 0.326 e. The van der Waals surface area contributed by atoms with Crippen LogP contribution in [0.4, 0.5) is 10.5 Å². The Morgan fingerprint density at radius 2 is 2.25 bits per heavy atom. The zero-order valence-corrected chi connectivity index (χ0v) is 9.71. The van der Waals surface area contributed by atoms with Gasteiger partial charge in [-0.15, -0.1) is 0 Å². The van der Waals surface area contributed by atoms with Crippen molar-refractivity contribution in [1.29, 1.82) is 0 Å². The SMILES string of the molecule is C=C(C)NC(=O)N1CCc2ccc(C)cc21. The van der Waals surface area contributed by atoms with Gasteiger partial charge >= 0.3 is 6.03 Å². The van der Waals surface area contributed by atoms with E-state index >= 15 is 0 Å². The molecule has 0 spiro atoms. The Bertz CT molecular complexity index is 451. The molecule has 1 aromatic carbocycles. The summed E-state index contributed by atoms with van der Waals surface area (Å²) < 4.78 is 0. The number of rotatable bonds is 1. The summed E-state index contributed by atoms with van der Waals surface area (Å²) >= 11 is 0. The summed E-state index contributed by atoms with van der Waals surface area (Å²) in [6.07, 6.45) is 0.930. The summed E-state index contributed by atoms with van der Waals surface area (Å²) in [6.45, 7) is 8.25. The lowest BCUT2D eigenvalue weighted by Gasteiger charge is -2.18. The van der Waals surface area contributed by atoms with Crippen molar-refractivity contribution in [3.8, 4) is 0 Å². The molecule has 1 aromatic rings. The lowest BCUT2D eigenvalue weighted by atomic mass is 10.1. The number of anilines is 1. The number of amides is 2. The van der Waals surface area contributed by atoms with Gasteiger partial charge in [0.05, 0.1) is 0 Å². The highest BCUT2D eigenvalue weighted by atomic mass is 16.2. The van der Waals surface area contributed by atoms with Crippen LogP contribution in [0.2, 0.25) is 0 Å². The van der Waals surface area contributed by atoms with Gasteiger partial charge in [0.2, 0.25) is 0 Å². The maximum Gasteiger partial charge on any atom is 0.326 e. The van der Waals surface area contributed by atoms with Crippen molar-refractivity contribution in [3.63, 3.8) is 0 Å². The van der Waals surface area contributed by atoms with Crippen LogP contribution in [0.5, 0.6) is 0 Å². The van der Waals surface area contributed by atoms with Crippen LogP contribution in [0.25, 0.3) is 0 Å². The number of urea groups is 1. The zero-order chi connectivity index (χ0) is 11.7. The summed E-state index contributed by atoms with van der Waals surface area (Å²) in [7, 11) is 0. The number of carbonyl (C=O) groups excluding carboxylic acids is 1. The van der Waals surface area contributed by atoms with E-state index in [0.29, 0.717) is 5.70 Å². The standard InChI is InChI=1S/C13H16N2O/c1-9(2)14-13(16)15-7-6-11-5-4-10(3)8-12(11)15/h4-5,8H,1,6-7H2,2-3H3,(H,14,16). The molecule has 0 saturated heterocycles. The van der Waals surface area contributed by atoms with Gasteiger partial charge in [-0.1, -0.05) is 18.7 Å². The fourth-order valence-corrected chi connectivity index (χ4v) is 1.95. The molecule has 2 rings (SSSR count). The second-order valence-corrected chi connectivity index (χ2v) is 4.24. The second-order valence-electron chi connectivity index (χ2n) is 4.24. The molecule has 1 aliphatic rings. The number of benzene rings is 1. The first-order chi connectivity index (χ1) is 7.58. The third kappa shape index (κ3) is 1.94. The topological polar surface area (TPSA) is 32.3 Å². The van der Waals surface area contributed by atoms with Crippen molar-refractivity contribution in [2.24, 2.45) is 0 Å². The monoisotopic (exact) mass is 216 g/mol. The van der Waals surface area contributed by atoms with E-state index in [0.717, 1.165) is 18.7 Å². The average molecular weight is 216 g/mol. The van der Waals surface area contributed by atoms with Crippen LogP contribution in [-0.2, 0) is 6.42 Å². The minimum Gasteiger partial charge on any atom is -0.312 e. The minimum absolute atomic E-state index is 0.0862. The van der Waals surface area contributed by atoms with E-state index in [9.17, 15) is 4.79 Å². The lowest BCUT2D eigenvalue weighted by molar-refractivity contribution is 0.249. The second kappa shape index (κ2) is 4.00. The fourth-order valence-electron chi connectivity index (χ4n) is 1.95. The maximum atomic E-state index is 11.9. The molecule has 2 amide bonds. The number of nitrogens with zero attached hydrogens (tertiary/aromatic N) is 1. The molecule has 0 atom stereocenters. The smallest absolute Gasteiger partial charge is 0.312 e. The van der Waals surface area contributed by atoms with Crippen LogP contribution in [0.1, 0.15) is 18.1 Å². The molecule has 3 nitrogen and oxygen atoms in total. The van der Waals surface area contributed by atoms with Gasteiger partial charge in [0.15, 0.2) is 0 Å². The summed E-state index contributed by atoms with van der Waals surface area (Å²) in [4.78, 5) is 13.7. The van der Waals surface area contributed by atoms with Gasteiger partial charge in [0.1, 0.15) is 0 Å². The molecule has 0 unspecified atom stereocenters. The molecule has 0 aliphatic carbocycles. The number of aryl methyl sites for hydroxylation is 1. The summed E-state index contributed by atoms with van der Waals surface area (Å²) in [5.74, 6) is 0. The van der Waals surface area contributed by atoms with E-state index in [1.54, 1.807) is 11.8 Å². The number of carbonyl (C=O) groups is 1. The van der Waals surface area contributed by atoms with Crippen LogP contribution in [0.3, 0.4) is 0 Å². The van der Waals surface area contributed by atoms with E-state index in [1.165, 1.54) is 11.1 Å². The van der Waals surface area contributed by atoms with Gasteiger partial charge in [-0.05, 0) is 37.5 Å². The molecule has 0 radical (unpaired) electrons. The van der Waals surface area contributed by atoms with E-state index in [-0.39, 0.29) is 6.03 Å². The predicted molar refractivity (Wildman–Crippen MR) is 65.6 cm³/mol. The van der Waals surface area contributed by atoms with Gasteiger partial charge in [-0.25, -0.2) is 4.79 Å². The van der Waals surface area contributed by atoms with Crippen molar-refractivity contribution in [3.05, 3.63) is 41.6 Å². The van der Waals surface area contributed by atoms with Crippen LogP contribution >= 0.6 is 0 Å². The lowest BCUT2D eigenvalue weighted by Crippen LogP contribution is -2.37. The minimum atomic E-state index is -0.0862. The Morgan fingerprint density at radius 3 is 2.94 bits per heavy atom. The Labute approximate surface area is 95.8 Å². The third-order valence-corrected chi connectivity index (χ3v) is 2.70. The predicted octanol–water partition coefficient (Wildman–Crippen LogP) is 2.60. The Morgan fingerprint density at radius 1 is 1.50 bits per heavy atom. The number of nitrogens with one attached hydrogen (secondary N) is 1. The van der Waals surface area contributed by atoms with Gasteiger partial charge in [0, 0.05) is 17.9 Å². The fraction of sp³-hybridized carbons (Fsp3) is 0.308. The molecule has 0 fully saturated rings. The van der Waals surface area contributed by atoms with Crippen molar-refractivity contribution < 1.29 is 4.79 Å². The zero-order valence-electron chi connectivity index (χ0n) is 9.71. The van der Waals surface area contributed by atoms with E-state index in [2.05, 4.69) is 30.1 Å². The van der Waals surface area contributed by atoms with E-state index in [1.807, 2.05) is 6.92 Å². The molecule has 84 valence electrons. The molecule has 0 aromatic heterocycles. The number of hydrogen-bond donors (Lipinski definition) is 1. The molecule has 0 bridgehead atoms. The molecular formula is C13H16N2O. The van der Waals surface area contributed by atoms with Crippen LogP contribution in [-0.4, -0.2) is 12.6 Å². The van der Waals surface area contributed by atoms with Crippen LogP contribution in [0, 0.1) is 6.92 Å². The van der Waals surface area contributed by atoms with Gasteiger partial charge < -0.3 is 5.32 Å². The quantitative estimate of drug-likeness (QED) is 0.769. The molecule has 1 aliphatic heterocycles. The average Bonchev–Trinajstić information content (AvgIpc) is 2.59. The van der Waals surface area contributed by atoms with Gasteiger partial charge in [-0.2, -0.15) is 0 Å². The van der Waals surface area contributed by atoms with Gasteiger partial charge in [0.25, 0.3) is 0 Å². The summed E-state index contributed by atoms with van der Waals surface area (Å²) in [5, 5.41) is 2.74. The first-order valence-electron chi connectivity index (χ1n) is 5.41.